The summed E-state index contributed by atoms with van der Waals surface area (Å²) in [5, 5.41) is 5.43. The number of ether oxygens (including phenoxy) is 2. The van der Waals surface area contributed by atoms with Gasteiger partial charge in [0.15, 0.2) is 0 Å². The van der Waals surface area contributed by atoms with Gasteiger partial charge in [-0.05, 0) is 38.5 Å². The molecule has 14 heteroatoms. The number of rotatable bonds is 25. The summed E-state index contributed by atoms with van der Waals surface area (Å²) in [5.74, 6) is 0. The molecule has 0 heterocycles. The standard InChI is InChI=1S/C26H52N2O10Si2/c1-31-39(32-2,33-3)23-17-19-27-25(29)37-21-15-13-11-9-7-8-10-12-14-16-22-38-26(30)28-20-18-24-40(34-4,35-5)36-6/h13-16H,7-12,17-24H2,1-6H3,(H,27,29)(H,28,30). The second-order valence-electron chi connectivity index (χ2n) is 8.78. The Morgan fingerprint density at radius 1 is 0.525 bits per heavy atom. The van der Waals surface area contributed by atoms with Crippen molar-refractivity contribution >= 4 is 29.8 Å². The van der Waals surface area contributed by atoms with Gasteiger partial charge in [-0.2, -0.15) is 0 Å². The molecule has 0 aromatic rings. The van der Waals surface area contributed by atoms with Crippen LogP contribution < -0.4 is 10.6 Å². The van der Waals surface area contributed by atoms with Crippen LogP contribution in [0.5, 0.6) is 0 Å². The third-order valence-corrected chi connectivity index (χ3v) is 11.8. The van der Waals surface area contributed by atoms with Gasteiger partial charge < -0.3 is 46.7 Å². The normalized spacial score (nSPS) is 12.2. The van der Waals surface area contributed by atoms with Crippen LogP contribution in [0.15, 0.2) is 24.3 Å². The lowest BCUT2D eigenvalue weighted by molar-refractivity contribution is 0.122. The van der Waals surface area contributed by atoms with E-state index >= 15 is 0 Å². The van der Waals surface area contributed by atoms with E-state index in [4.69, 9.17) is 36.0 Å². The molecule has 0 spiro atoms. The number of amides is 2. The fourth-order valence-corrected chi connectivity index (χ4v) is 7.15. The fraction of sp³-hybridized carbons (Fsp3) is 0.769. The maximum atomic E-state index is 11.7. The van der Waals surface area contributed by atoms with E-state index in [0.717, 1.165) is 38.5 Å². The molecule has 0 aromatic heterocycles. The summed E-state index contributed by atoms with van der Waals surface area (Å²) in [4.78, 5) is 23.5. The largest absolute Gasteiger partial charge is 0.500 e. The van der Waals surface area contributed by atoms with Crippen molar-refractivity contribution in [1.29, 1.82) is 0 Å². The van der Waals surface area contributed by atoms with Crippen LogP contribution in [0.2, 0.25) is 12.1 Å². The molecule has 0 saturated carbocycles. The number of hydrogen-bond acceptors (Lipinski definition) is 10. The molecule has 0 atom stereocenters. The molecule has 2 amide bonds. The van der Waals surface area contributed by atoms with Crippen molar-refractivity contribution in [3.05, 3.63) is 24.3 Å². The van der Waals surface area contributed by atoms with Crippen molar-refractivity contribution in [2.24, 2.45) is 0 Å². The molecule has 0 saturated heterocycles. The van der Waals surface area contributed by atoms with E-state index in [0.29, 0.717) is 38.0 Å². The van der Waals surface area contributed by atoms with Gasteiger partial charge in [-0.3, -0.25) is 0 Å². The highest BCUT2D eigenvalue weighted by Gasteiger charge is 2.37. The number of alkyl carbamates (subject to hydrolysis) is 2. The maximum absolute atomic E-state index is 11.7. The molecular weight excluding hydrogens is 556 g/mol. The third kappa shape index (κ3) is 18.5. The lowest BCUT2D eigenvalue weighted by Crippen LogP contribution is -2.43. The maximum Gasteiger partial charge on any atom is 0.500 e. The smallest absolute Gasteiger partial charge is 0.445 e. The Balaban J connectivity index is 3.62. The molecule has 40 heavy (non-hydrogen) atoms. The number of allylic oxidation sites excluding steroid dienone is 2. The van der Waals surface area contributed by atoms with Gasteiger partial charge >= 0.3 is 29.8 Å². The second kappa shape index (κ2) is 25.0. The van der Waals surface area contributed by atoms with Crippen LogP contribution in [0.1, 0.15) is 51.4 Å². The third-order valence-electron chi connectivity index (χ3n) is 6.17. The van der Waals surface area contributed by atoms with Gasteiger partial charge in [0.2, 0.25) is 0 Å². The van der Waals surface area contributed by atoms with Crippen LogP contribution in [-0.2, 0) is 36.0 Å². The molecule has 2 N–H and O–H groups in total. The zero-order chi connectivity index (χ0) is 30.0. The van der Waals surface area contributed by atoms with Crippen molar-refractivity contribution in [3.63, 3.8) is 0 Å². The SMILES string of the molecule is CO[Si](CCCNC(=O)OCC=CCCCCCCC=CCOC(=O)NCCC[Si](OC)(OC)OC)(OC)OC. The van der Waals surface area contributed by atoms with Crippen LogP contribution in [-0.4, -0.2) is 98.8 Å². The zero-order valence-electron chi connectivity index (χ0n) is 25.3. The Labute approximate surface area is 242 Å². The molecule has 0 aliphatic carbocycles. The van der Waals surface area contributed by atoms with Crippen LogP contribution in [0.4, 0.5) is 9.59 Å². The summed E-state index contributed by atoms with van der Waals surface area (Å²) in [5.41, 5.74) is 0. The predicted molar refractivity (Wildman–Crippen MR) is 157 cm³/mol. The molecule has 0 aromatic carbocycles. The molecule has 0 radical (unpaired) electrons. The minimum Gasteiger partial charge on any atom is -0.445 e. The summed E-state index contributed by atoms with van der Waals surface area (Å²) in [7, 11) is 4.21. The van der Waals surface area contributed by atoms with E-state index in [1.54, 1.807) is 42.7 Å². The average molecular weight is 609 g/mol. The van der Waals surface area contributed by atoms with Crippen molar-refractivity contribution in [3.8, 4) is 0 Å². The molecule has 234 valence electrons. The van der Waals surface area contributed by atoms with Crippen LogP contribution in [0, 0.1) is 0 Å². The Morgan fingerprint density at radius 2 is 0.875 bits per heavy atom. The van der Waals surface area contributed by atoms with Crippen LogP contribution >= 0.6 is 0 Å². The Kier molecular flexibility index (Phi) is 23.9. The van der Waals surface area contributed by atoms with E-state index in [1.807, 2.05) is 24.3 Å². The predicted octanol–water partition coefficient (Wildman–Crippen LogP) is 4.43. The molecule has 12 nitrogen and oxygen atoms in total. The highest BCUT2D eigenvalue weighted by atomic mass is 28.4. The first-order chi connectivity index (χ1) is 19.4. The fourth-order valence-electron chi connectivity index (χ4n) is 3.70. The van der Waals surface area contributed by atoms with Crippen molar-refractivity contribution < 1.29 is 45.6 Å². The lowest BCUT2D eigenvalue weighted by Gasteiger charge is -2.24. The van der Waals surface area contributed by atoms with Gasteiger partial charge in [0.1, 0.15) is 13.2 Å². The number of hydrogen-bond donors (Lipinski definition) is 2. The van der Waals surface area contributed by atoms with Crippen molar-refractivity contribution in [2.75, 3.05) is 69.0 Å². The molecule has 0 bridgehead atoms. The van der Waals surface area contributed by atoms with Gasteiger partial charge in [0, 0.05) is 67.8 Å². The second-order valence-corrected chi connectivity index (χ2v) is 15.0. The minimum atomic E-state index is -2.60. The Morgan fingerprint density at radius 3 is 1.20 bits per heavy atom. The summed E-state index contributed by atoms with van der Waals surface area (Å²) >= 11 is 0. The van der Waals surface area contributed by atoms with E-state index in [2.05, 4.69) is 10.6 Å². The quantitative estimate of drug-likeness (QED) is 0.0872. The molecule has 0 rings (SSSR count). The number of unbranched alkanes of at least 4 members (excludes halogenated alkanes) is 5. The number of nitrogens with one attached hydrogen (secondary N) is 2. The van der Waals surface area contributed by atoms with E-state index in [9.17, 15) is 9.59 Å². The minimum absolute atomic E-state index is 0.251. The van der Waals surface area contributed by atoms with E-state index in [1.165, 1.54) is 0 Å². The van der Waals surface area contributed by atoms with Gasteiger partial charge in [-0.1, -0.05) is 37.1 Å². The van der Waals surface area contributed by atoms with Gasteiger partial charge in [-0.25, -0.2) is 9.59 Å². The Bertz CT molecular complexity index is 630. The monoisotopic (exact) mass is 608 g/mol. The summed E-state index contributed by atoms with van der Waals surface area (Å²) in [6, 6.07) is 1.23. The first-order valence-electron chi connectivity index (χ1n) is 13.8. The van der Waals surface area contributed by atoms with Gasteiger partial charge in [0.05, 0.1) is 0 Å². The first kappa shape index (κ1) is 38.2. The summed E-state index contributed by atoms with van der Waals surface area (Å²) < 4.78 is 42.3. The zero-order valence-corrected chi connectivity index (χ0v) is 27.3. The summed E-state index contributed by atoms with van der Waals surface area (Å²) in [6.07, 6.45) is 14.6. The van der Waals surface area contributed by atoms with Crippen LogP contribution in [0.3, 0.4) is 0 Å². The molecule has 0 unspecified atom stereocenters. The lowest BCUT2D eigenvalue weighted by atomic mass is 10.1. The van der Waals surface area contributed by atoms with Crippen LogP contribution in [0.25, 0.3) is 0 Å². The van der Waals surface area contributed by atoms with Gasteiger partial charge in [-0.15, -0.1) is 0 Å². The molecule has 0 aliphatic rings. The average Bonchev–Trinajstić information content (AvgIpc) is 2.98. The number of carbonyl (C=O) groups excluding carboxylic acids is 2. The Hall–Kier alpha value is -1.79. The molecular formula is C26H52N2O10Si2. The van der Waals surface area contributed by atoms with Gasteiger partial charge in [0.25, 0.3) is 0 Å². The number of carbonyl (C=O) groups is 2. The first-order valence-corrected chi connectivity index (χ1v) is 17.6. The highest BCUT2D eigenvalue weighted by molar-refractivity contribution is 6.60. The van der Waals surface area contributed by atoms with E-state index < -0.39 is 29.8 Å². The molecule has 0 aliphatic heterocycles. The van der Waals surface area contributed by atoms with Crippen molar-refractivity contribution in [2.45, 2.75) is 63.5 Å². The van der Waals surface area contributed by atoms with E-state index in [-0.39, 0.29) is 13.2 Å². The topological polar surface area (TPSA) is 132 Å². The van der Waals surface area contributed by atoms with Crippen molar-refractivity contribution in [1.82, 2.24) is 10.6 Å². The molecule has 0 fully saturated rings. The summed E-state index contributed by atoms with van der Waals surface area (Å²) in [6.45, 7) is 1.43. The highest BCUT2D eigenvalue weighted by Crippen LogP contribution is 2.15.